The SMILES string of the molecule is C=C(N)c1ccc(NC(=C)c2n[nH]c3ccc(-c4cncc(CN5CCCCC5)c4)cc23)cn1. The highest BCUT2D eigenvalue weighted by molar-refractivity contribution is 5.95. The molecule has 172 valence electrons. The number of H-pyrrole nitrogens is 1. The van der Waals surface area contributed by atoms with Crippen LogP contribution in [-0.4, -0.2) is 38.2 Å². The number of nitrogens with zero attached hydrogens (tertiary/aromatic N) is 4. The van der Waals surface area contributed by atoms with E-state index in [4.69, 9.17) is 5.73 Å². The Kier molecular flexibility index (Phi) is 6.10. The Morgan fingerprint density at radius 2 is 1.85 bits per heavy atom. The number of benzene rings is 1. The molecule has 4 heterocycles. The minimum Gasteiger partial charge on any atom is -0.397 e. The Labute approximate surface area is 199 Å². The number of anilines is 1. The number of nitrogens with one attached hydrogen (secondary N) is 2. The van der Waals surface area contributed by atoms with Gasteiger partial charge in [0.2, 0.25) is 0 Å². The van der Waals surface area contributed by atoms with E-state index >= 15 is 0 Å². The molecule has 1 aromatic carbocycles. The van der Waals surface area contributed by atoms with Crippen LogP contribution in [0.1, 0.15) is 36.2 Å². The second kappa shape index (κ2) is 9.49. The molecule has 1 fully saturated rings. The smallest absolute Gasteiger partial charge is 0.116 e. The summed E-state index contributed by atoms with van der Waals surface area (Å²) >= 11 is 0. The lowest BCUT2D eigenvalue weighted by molar-refractivity contribution is 0.220. The number of aromatic nitrogens is 4. The minimum atomic E-state index is 0.436. The summed E-state index contributed by atoms with van der Waals surface area (Å²) in [6, 6.07) is 12.3. The fourth-order valence-electron chi connectivity index (χ4n) is 4.42. The van der Waals surface area contributed by atoms with Crippen LogP contribution in [0.3, 0.4) is 0 Å². The number of pyridine rings is 2. The lowest BCUT2D eigenvalue weighted by Gasteiger charge is -2.26. The predicted octanol–water partition coefficient (Wildman–Crippen LogP) is 5.02. The molecule has 7 nitrogen and oxygen atoms in total. The normalized spacial score (nSPS) is 14.2. The van der Waals surface area contributed by atoms with E-state index in [0.717, 1.165) is 40.0 Å². The Hall–Kier alpha value is -3.97. The molecular weight excluding hydrogens is 422 g/mol. The molecule has 1 aliphatic rings. The maximum Gasteiger partial charge on any atom is 0.116 e. The molecular formula is C27H29N7. The Morgan fingerprint density at radius 3 is 2.62 bits per heavy atom. The highest BCUT2D eigenvalue weighted by Gasteiger charge is 2.13. The number of hydrogen-bond donors (Lipinski definition) is 3. The summed E-state index contributed by atoms with van der Waals surface area (Å²) in [7, 11) is 0. The number of nitrogens with two attached hydrogens (primary N) is 1. The summed E-state index contributed by atoms with van der Waals surface area (Å²) in [6.07, 6.45) is 9.52. The van der Waals surface area contributed by atoms with Crippen LogP contribution in [0.15, 0.2) is 68.1 Å². The van der Waals surface area contributed by atoms with Gasteiger partial charge in [0.1, 0.15) is 5.69 Å². The summed E-state index contributed by atoms with van der Waals surface area (Å²) in [5.74, 6) is 0. The molecule has 0 unspecified atom stereocenters. The lowest BCUT2D eigenvalue weighted by atomic mass is 10.0. The molecule has 0 amide bonds. The molecule has 7 heteroatoms. The molecule has 0 spiro atoms. The molecule has 3 aromatic heterocycles. The van der Waals surface area contributed by atoms with Crippen LogP contribution in [0.2, 0.25) is 0 Å². The molecule has 1 aliphatic heterocycles. The molecule has 0 saturated carbocycles. The van der Waals surface area contributed by atoms with Crippen molar-refractivity contribution in [3.63, 3.8) is 0 Å². The van der Waals surface area contributed by atoms with Gasteiger partial charge in [0.25, 0.3) is 0 Å². The maximum absolute atomic E-state index is 5.71. The van der Waals surface area contributed by atoms with Crippen molar-refractivity contribution in [3.05, 3.63) is 85.1 Å². The van der Waals surface area contributed by atoms with E-state index in [1.54, 1.807) is 6.20 Å². The van der Waals surface area contributed by atoms with E-state index in [-0.39, 0.29) is 0 Å². The van der Waals surface area contributed by atoms with Crippen LogP contribution in [0.5, 0.6) is 0 Å². The Balaban J connectivity index is 1.38. The van der Waals surface area contributed by atoms with Gasteiger partial charge in [-0.05, 0) is 67.4 Å². The number of piperidine rings is 1. The van der Waals surface area contributed by atoms with Crippen molar-refractivity contribution in [2.24, 2.45) is 5.73 Å². The zero-order valence-corrected chi connectivity index (χ0v) is 19.2. The summed E-state index contributed by atoms with van der Waals surface area (Å²) in [4.78, 5) is 11.4. The van der Waals surface area contributed by atoms with Crippen LogP contribution < -0.4 is 11.1 Å². The average molecular weight is 452 g/mol. The van der Waals surface area contributed by atoms with Gasteiger partial charge in [-0.25, -0.2) is 0 Å². The first-order valence-electron chi connectivity index (χ1n) is 11.6. The van der Waals surface area contributed by atoms with Crippen molar-refractivity contribution in [3.8, 4) is 11.1 Å². The van der Waals surface area contributed by atoms with Gasteiger partial charge in [0, 0.05) is 29.9 Å². The first-order chi connectivity index (χ1) is 16.6. The lowest BCUT2D eigenvalue weighted by Crippen LogP contribution is -2.29. The average Bonchev–Trinajstić information content (AvgIpc) is 3.29. The first-order valence-corrected chi connectivity index (χ1v) is 11.6. The van der Waals surface area contributed by atoms with E-state index in [0.29, 0.717) is 17.1 Å². The van der Waals surface area contributed by atoms with E-state index in [9.17, 15) is 0 Å². The molecule has 0 aliphatic carbocycles. The molecule has 5 rings (SSSR count). The number of aromatic amines is 1. The van der Waals surface area contributed by atoms with Gasteiger partial charge in [-0.1, -0.05) is 25.6 Å². The third-order valence-corrected chi connectivity index (χ3v) is 6.22. The molecule has 1 saturated heterocycles. The molecule has 0 bridgehead atoms. The summed E-state index contributed by atoms with van der Waals surface area (Å²) < 4.78 is 0. The third kappa shape index (κ3) is 4.70. The van der Waals surface area contributed by atoms with Crippen LogP contribution in [-0.2, 0) is 6.54 Å². The van der Waals surface area contributed by atoms with Gasteiger partial charge >= 0.3 is 0 Å². The van der Waals surface area contributed by atoms with Gasteiger partial charge < -0.3 is 11.1 Å². The van der Waals surface area contributed by atoms with Gasteiger partial charge in [0.15, 0.2) is 0 Å². The standard InChI is InChI=1S/C27H29N7/c1-18(28)25-9-7-23(16-30-25)31-19(2)27-24-13-21(6-8-26(24)32-33-27)22-12-20(14-29-15-22)17-34-10-4-3-5-11-34/h6-9,12-16,31H,1-5,10-11,17,28H2,(H,32,33). The number of rotatable bonds is 7. The highest BCUT2D eigenvalue weighted by Crippen LogP contribution is 2.29. The van der Waals surface area contributed by atoms with Gasteiger partial charge in [-0.3, -0.25) is 20.0 Å². The van der Waals surface area contributed by atoms with Gasteiger partial charge in [0.05, 0.1) is 34.5 Å². The second-order valence-electron chi connectivity index (χ2n) is 8.81. The molecule has 0 atom stereocenters. The molecule has 4 aromatic rings. The Bertz CT molecular complexity index is 1330. The zero-order valence-electron chi connectivity index (χ0n) is 19.2. The van der Waals surface area contributed by atoms with Crippen molar-refractivity contribution < 1.29 is 0 Å². The number of fused-ring (bicyclic) bond motifs is 1. The van der Waals surface area contributed by atoms with Crippen LogP contribution in [0, 0.1) is 0 Å². The highest BCUT2D eigenvalue weighted by atomic mass is 15.1. The van der Waals surface area contributed by atoms with Gasteiger partial charge in [-0.15, -0.1) is 0 Å². The molecule has 34 heavy (non-hydrogen) atoms. The number of likely N-dealkylation sites (tertiary alicyclic amines) is 1. The third-order valence-electron chi connectivity index (χ3n) is 6.22. The fourth-order valence-corrected chi connectivity index (χ4v) is 4.42. The summed E-state index contributed by atoms with van der Waals surface area (Å²) in [5.41, 5.74) is 13.4. The van der Waals surface area contributed by atoms with Crippen molar-refractivity contribution >= 4 is 28.0 Å². The molecule has 4 N–H and O–H groups in total. The van der Waals surface area contributed by atoms with E-state index in [1.807, 2.05) is 24.5 Å². The van der Waals surface area contributed by atoms with Crippen molar-refractivity contribution in [1.29, 1.82) is 0 Å². The van der Waals surface area contributed by atoms with Gasteiger partial charge in [-0.2, -0.15) is 5.10 Å². The predicted molar refractivity (Wildman–Crippen MR) is 139 cm³/mol. The fraction of sp³-hybridized carbons (Fsp3) is 0.222. The van der Waals surface area contributed by atoms with Crippen LogP contribution >= 0.6 is 0 Å². The number of hydrogen-bond acceptors (Lipinski definition) is 6. The zero-order chi connectivity index (χ0) is 23.5. The first kappa shape index (κ1) is 21.9. The largest absolute Gasteiger partial charge is 0.397 e. The minimum absolute atomic E-state index is 0.436. The van der Waals surface area contributed by atoms with Crippen molar-refractivity contribution in [2.45, 2.75) is 25.8 Å². The van der Waals surface area contributed by atoms with Crippen LogP contribution in [0.4, 0.5) is 5.69 Å². The van der Waals surface area contributed by atoms with E-state index < -0.39 is 0 Å². The summed E-state index contributed by atoms with van der Waals surface area (Å²) in [6.45, 7) is 11.2. The Morgan fingerprint density at radius 1 is 1.00 bits per heavy atom. The maximum atomic E-state index is 5.71. The van der Waals surface area contributed by atoms with Crippen molar-refractivity contribution in [2.75, 3.05) is 18.4 Å². The summed E-state index contributed by atoms with van der Waals surface area (Å²) in [5, 5.41) is 11.9. The van der Waals surface area contributed by atoms with E-state index in [2.05, 4.69) is 67.8 Å². The monoisotopic (exact) mass is 451 g/mol. The second-order valence-corrected chi connectivity index (χ2v) is 8.81. The van der Waals surface area contributed by atoms with Crippen molar-refractivity contribution in [1.82, 2.24) is 25.1 Å². The quantitative estimate of drug-likeness (QED) is 0.365. The van der Waals surface area contributed by atoms with Crippen LogP contribution in [0.25, 0.3) is 33.4 Å². The molecule has 0 radical (unpaired) electrons. The topological polar surface area (TPSA) is 95.7 Å². The van der Waals surface area contributed by atoms with E-state index in [1.165, 1.54) is 37.9 Å².